The normalized spacial score (nSPS) is 12.4. The molecule has 8 aromatic rings. The average Bonchev–Trinajstić information content (AvgIpc) is 1.57. The number of hydrogen-bond acceptors (Lipinski definition) is 21. The Hall–Kier alpha value is -9.01. The Morgan fingerprint density at radius 1 is 0.512 bits per heavy atom. The summed E-state index contributed by atoms with van der Waals surface area (Å²) >= 11 is 0. The Kier molecular flexibility index (Phi) is 19.1. The first-order valence-corrected chi connectivity index (χ1v) is 31.7. The van der Waals surface area contributed by atoms with Crippen molar-refractivity contribution in [2.24, 2.45) is 30.7 Å². The minimum atomic E-state index is -4.97. The molecular weight excluding hydrogens is 1200 g/mol. The number of phenolic OH excluding ortho intramolecular Hbond substituents is 1. The summed E-state index contributed by atoms with van der Waals surface area (Å²) in [7, 11) is -16.8. The highest BCUT2D eigenvalue weighted by atomic mass is 32.2. The SMILES string of the molecule is COc1cc(N=Nc2cc(C)c(N=Nc3ccc(C(=O)Nc4ccc5cc(S(=O)(=O)O)cc(OCCCCS(=O)(=O)O)c5c4)cc3C)cc2OCCCS(=O)(=O)O)c(C)cc1N=Nc1c(S(=O)(=O)O)cc2cc(Nc3ccc(N)cc3)ccc2c1O. The zero-order valence-electron chi connectivity index (χ0n) is 46.0. The molecule has 0 spiro atoms. The van der Waals surface area contributed by atoms with Gasteiger partial charge in [0.2, 0.25) is 0 Å². The molecule has 0 atom stereocenters. The Balaban J connectivity index is 1.01. The van der Waals surface area contributed by atoms with Crippen molar-refractivity contribution in [2.45, 2.75) is 49.8 Å². The summed E-state index contributed by atoms with van der Waals surface area (Å²) in [5.74, 6) is -1.97. The number of rotatable bonds is 24. The fourth-order valence-electron chi connectivity index (χ4n) is 8.50. The molecule has 0 aliphatic rings. The van der Waals surface area contributed by atoms with Crippen LogP contribution in [-0.2, 0) is 40.5 Å². The largest absolute Gasteiger partial charge is 0.505 e. The average molecular weight is 1250 g/mol. The Morgan fingerprint density at radius 2 is 1.08 bits per heavy atom. The lowest BCUT2D eigenvalue weighted by molar-refractivity contribution is 0.102. The molecule has 9 N–H and O–H groups in total. The Bertz CT molecular complexity index is 4530. The highest BCUT2D eigenvalue weighted by Gasteiger charge is 2.24. The fraction of sp³-hybridized carbons (Fsp3) is 0.196. The number of phenols is 1. The number of ether oxygens (including phenoxy) is 3. The quantitative estimate of drug-likeness (QED) is 0.0121. The molecule has 0 bridgehead atoms. The van der Waals surface area contributed by atoms with Gasteiger partial charge in [-0.1, -0.05) is 6.07 Å². The van der Waals surface area contributed by atoms with Crippen molar-refractivity contribution >= 4 is 125 Å². The predicted molar refractivity (Wildman–Crippen MR) is 322 cm³/mol. The molecule has 0 radical (unpaired) electrons. The number of aromatic hydroxyl groups is 1. The van der Waals surface area contributed by atoms with Crippen LogP contribution in [0, 0.1) is 20.8 Å². The Labute approximate surface area is 493 Å². The van der Waals surface area contributed by atoms with Crippen LogP contribution in [-0.4, -0.2) is 94.7 Å². The van der Waals surface area contributed by atoms with Crippen molar-refractivity contribution < 1.29 is 76.0 Å². The molecule has 1 amide bonds. The summed E-state index contributed by atoms with van der Waals surface area (Å²) in [5, 5.41) is 44.5. The number of amides is 1. The van der Waals surface area contributed by atoms with Gasteiger partial charge in [-0.15, -0.1) is 15.3 Å². The van der Waals surface area contributed by atoms with Crippen LogP contribution in [0.25, 0.3) is 21.5 Å². The molecule has 0 saturated carbocycles. The van der Waals surface area contributed by atoms with Gasteiger partial charge in [0.15, 0.2) is 5.75 Å². The van der Waals surface area contributed by atoms with Crippen LogP contribution in [0.4, 0.5) is 56.9 Å². The van der Waals surface area contributed by atoms with Crippen LogP contribution < -0.4 is 30.6 Å². The standard InChI is InChI=1S/C56H55N9O17S4/c1-32-22-36(56(67)59-41-12-8-35-26-42(85(74,75)76)29-50(44(35)28-41)81-18-5-6-20-83(68,69)70)9-17-45(32)60-61-47-31-52(82-19-7-21-84(71,72)73)49(24-34(47)3)63-62-46-30-51(80-4)48(23-33(46)2)64-65-54-53(86(77,78)79)27-37-25-40(15-16-43(37)55(54)66)58-39-13-10-38(57)11-14-39/h8-17,22-31,58,66H,5-7,18-21,57H2,1-4H3,(H,59,67)(H,68,69,70)(H,71,72,73)(H,74,75,76)(H,77,78,79). The summed E-state index contributed by atoms with van der Waals surface area (Å²) in [5.41, 5.74) is 10.3. The van der Waals surface area contributed by atoms with Gasteiger partial charge in [-0.2, -0.15) is 49.0 Å². The topological polar surface area (TPSA) is 407 Å². The lowest BCUT2D eigenvalue weighted by atomic mass is 10.1. The monoisotopic (exact) mass is 1250 g/mol. The van der Waals surface area contributed by atoms with Crippen molar-refractivity contribution in [3.05, 3.63) is 144 Å². The molecule has 30 heteroatoms. The number of aryl methyl sites for hydroxylation is 3. The van der Waals surface area contributed by atoms with Gasteiger partial charge in [-0.05, 0) is 165 Å². The van der Waals surface area contributed by atoms with E-state index >= 15 is 0 Å². The number of hydrogen-bond donors (Lipinski definition) is 8. The number of nitrogens with two attached hydrogens (primary N) is 1. The summed E-state index contributed by atoms with van der Waals surface area (Å²) < 4.78 is 151. The molecule has 8 rings (SSSR count). The van der Waals surface area contributed by atoms with Crippen molar-refractivity contribution in [1.29, 1.82) is 0 Å². The molecule has 8 aromatic carbocycles. The molecule has 0 aliphatic heterocycles. The van der Waals surface area contributed by atoms with Gasteiger partial charge in [0, 0.05) is 57.3 Å². The summed E-state index contributed by atoms with van der Waals surface area (Å²) in [6.07, 6.45) is 0.136. The number of anilines is 4. The van der Waals surface area contributed by atoms with E-state index in [2.05, 4.69) is 41.3 Å². The third kappa shape index (κ3) is 16.4. The number of fused-ring (bicyclic) bond motifs is 2. The molecule has 86 heavy (non-hydrogen) atoms. The van der Waals surface area contributed by atoms with Crippen LogP contribution >= 0.6 is 0 Å². The van der Waals surface area contributed by atoms with E-state index in [0.29, 0.717) is 61.6 Å². The zero-order chi connectivity index (χ0) is 62.3. The third-order valence-electron chi connectivity index (χ3n) is 12.9. The molecule has 0 aliphatic carbocycles. The predicted octanol–water partition coefficient (Wildman–Crippen LogP) is 12.7. The maximum absolute atomic E-state index is 13.6. The van der Waals surface area contributed by atoms with Gasteiger partial charge in [0.25, 0.3) is 46.4 Å². The second-order valence-electron chi connectivity index (χ2n) is 19.4. The van der Waals surface area contributed by atoms with E-state index in [-0.39, 0.29) is 83.1 Å². The zero-order valence-corrected chi connectivity index (χ0v) is 49.3. The second-order valence-corrected chi connectivity index (χ2v) is 25.3. The van der Waals surface area contributed by atoms with Gasteiger partial charge in [-0.25, -0.2) is 0 Å². The highest BCUT2D eigenvalue weighted by Crippen LogP contribution is 2.45. The third-order valence-corrected chi connectivity index (χ3v) is 16.2. The number of carbonyl (C=O) groups is 1. The highest BCUT2D eigenvalue weighted by molar-refractivity contribution is 7.86. The number of nitrogens with one attached hydrogen (secondary N) is 2. The summed E-state index contributed by atoms with van der Waals surface area (Å²) in [6, 6.07) is 30.4. The molecule has 0 heterocycles. The maximum atomic E-state index is 13.6. The van der Waals surface area contributed by atoms with Gasteiger partial charge in [0.05, 0.1) is 53.8 Å². The van der Waals surface area contributed by atoms with Crippen molar-refractivity contribution in [3.8, 4) is 23.0 Å². The fourth-order valence-corrected chi connectivity index (χ4v) is 10.7. The van der Waals surface area contributed by atoms with E-state index < -0.39 is 79.1 Å². The summed E-state index contributed by atoms with van der Waals surface area (Å²) in [4.78, 5) is 12.4. The van der Waals surface area contributed by atoms with E-state index in [1.807, 2.05) is 0 Å². The van der Waals surface area contributed by atoms with Gasteiger partial charge in [-0.3, -0.25) is 23.0 Å². The summed E-state index contributed by atoms with van der Waals surface area (Å²) in [6.45, 7) is 4.83. The van der Waals surface area contributed by atoms with Crippen LogP contribution in [0.15, 0.2) is 162 Å². The van der Waals surface area contributed by atoms with E-state index in [9.17, 15) is 57.2 Å². The van der Waals surface area contributed by atoms with Crippen LogP contribution in [0.1, 0.15) is 46.3 Å². The van der Waals surface area contributed by atoms with Gasteiger partial charge >= 0.3 is 0 Å². The van der Waals surface area contributed by atoms with Crippen LogP contribution in [0.5, 0.6) is 23.0 Å². The van der Waals surface area contributed by atoms with E-state index in [4.69, 9.17) is 24.5 Å². The number of azo groups is 3. The maximum Gasteiger partial charge on any atom is 0.296 e. The van der Waals surface area contributed by atoms with Gasteiger partial charge < -0.3 is 35.7 Å². The van der Waals surface area contributed by atoms with Crippen molar-refractivity contribution in [1.82, 2.24) is 0 Å². The molecule has 0 aromatic heterocycles. The minimum absolute atomic E-state index is 0.0284. The molecule has 0 saturated heterocycles. The molecule has 0 unspecified atom stereocenters. The van der Waals surface area contributed by atoms with E-state index in [1.54, 1.807) is 81.4 Å². The molecular formula is C56H55N9O17S4. The number of unbranched alkanes of at least 4 members (excludes halogenated alkanes) is 1. The minimum Gasteiger partial charge on any atom is -0.505 e. The first-order chi connectivity index (χ1) is 40.5. The van der Waals surface area contributed by atoms with Gasteiger partial charge in [0.1, 0.15) is 39.2 Å². The van der Waals surface area contributed by atoms with Crippen LogP contribution in [0.2, 0.25) is 0 Å². The smallest absolute Gasteiger partial charge is 0.296 e. The first-order valence-electron chi connectivity index (χ1n) is 25.6. The van der Waals surface area contributed by atoms with Crippen LogP contribution in [0.3, 0.4) is 0 Å². The molecule has 450 valence electrons. The number of benzene rings is 8. The lowest BCUT2D eigenvalue weighted by Gasteiger charge is -2.13. The number of nitrogens with zero attached hydrogens (tertiary/aromatic N) is 6. The lowest BCUT2D eigenvalue weighted by Crippen LogP contribution is -2.12. The Morgan fingerprint density at radius 3 is 1.72 bits per heavy atom. The second kappa shape index (κ2) is 26.1. The van der Waals surface area contributed by atoms with E-state index in [0.717, 1.165) is 12.1 Å². The first kappa shape index (κ1) is 63.0. The number of methoxy groups -OCH3 is 1. The van der Waals surface area contributed by atoms with E-state index in [1.165, 1.54) is 55.6 Å². The molecule has 0 fully saturated rings. The van der Waals surface area contributed by atoms with Crippen molar-refractivity contribution in [2.75, 3.05) is 48.2 Å². The number of carbonyl (C=O) groups excluding carboxylic acids is 1. The number of nitrogen functional groups attached to an aromatic ring is 1. The van der Waals surface area contributed by atoms with Crippen molar-refractivity contribution in [3.63, 3.8) is 0 Å². The molecule has 26 nitrogen and oxygen atoms in total.